The number of hydrogen-bond acceptors (Lipinski definition) is 1. The van der Waals surface area contributed by atoms with Crippen LogP contribution in [0.2, 0.25) is 0 Å². The van der Waals surface area contributed by atoms with Gasteiger partial charge in [0.15, 0.2) is 5.11 Å². The third-order valence-corrected chi connectivity index (χ3v) is 4.17. The fraction of sp³-hybridized carbons (Fsp3) is 0.188. The molecule has 2 rings (SSSR count). The average Bonchev–Trinajstić information content (AvgIpc) is 2.44. The van der Waals surface area contributed by atoms with Crippen molar-refractivity contribution in [1.29, 1.82) is 0 Å². The Morgan fingerprint density at radius 1 is 1.15 bits per heavy atom. The Morgan fingerprint density at radius 2 is 1.85 bits per heavy atom. The standard InChI is InChI=1S/C16H17BrN2S/c1-11-10-14(8-9-15(11)17)19-16(20)18-12(2)13-6-4-3-5-7-13/h3-10,12H,1-2H3,(H2,18,19,20). The van der Waals surface area contributed by atoms with Gasteiger partial charge in [0.1, 0.15) is 0 Å². The minimum atomic E-state index is 0.174. The van der Waals surface area contributed by atoms with Gasteiger partial charge in [-0.25, -0.2) is 0 Å². The van der Waals surface area contributed by atoms with Gasteiger partial charge in [0.25, 0.3) is 0 Å². The zero-order valence-corrected chi connectivity index (χ0v) is 13.9. The van der Waals surface area contributed by atoms with E-state index in [2.05, 4.69) is 58.6 Å². The molecule has 0 aliphatic heterocycles. The predicted octanol–water partition coefficient (Wildman–Crippen LogP) is 4.81. The molecular weight excluding hydrogens is 332 g/mol. The Bertz CT molecular complexity index is 599. The van der Waals surface area contributed by atoms with Crippen LogP contribution in [0.4, 0.5) is 5.69 Å². The maximum atomic E-state index is 5.35. The fourth-order valence-corrected chi connectivity index (χ4v) is 2.45. The number of thiocarbonyl (C=S) groups is 1. The van der Waals surface area contributed by atoms with E-state index >= 15 is 0 Å². The highest BCUT2D eigenvalue weighted by atomic mass is 79.9. The lowest BCUT2D eigenvalue weighted by Gasteiger charge is -2.17. The number of benzene rings is 2. The summed E-state index contributed by atoms with van der Waals surface area (Å²) in [5.74, 6) is 0. The molecule has 0 saturated heterocycles. The zero-order valence-electron chi connectivity index (χ0n) is 11.5. The van der Waals surface area contributed by atoms with E-state index in [1.165, 1.54) is 11.1 Å². The van der Waals surface area contributed by atoms with Gasteiger partial charge in [0.2, 0.25) is 0 Å². The summed E-state index contributed by atoms with van der Waals surface area (Å²) >= 11 is 8.84. The third-order valence-electron chi connectivity index (χ3n) is 3.06. The van der Waals surface area contributed by atoms with Gasteiger partial charge < -0.3 is 10.6 Å². The van der Waals surface area contributed by atoms with Crippen molar-refractivity contribution < 1.29 is 0 Å². The summed E-state index contributed by atoms with van der Waals surface area (Å²) in [7, 11) is 0. The molecule has 0 aliphatic rings. The first kappa shape index (κ1) is 15.0. The van der Waals surface area contributed by atoms with Gasteiger partial charge in [0, 0.05) is 10.2 Å². The molecule has 0 bridgehead atoms. The first-order valence-electron chi connectivity index (χ1n) is 6.45. The summed E-state index contributed by atoms with van der Waals surface area (Å²) in [6, 6.07) is 16.5. The molecule has 0 aromatic heterocycles. The summed E-state index contributed by atoms with van der Waals surface area (Å²) in [4.78, 5) is 0. The topological polar surface area (TPSA) is 24.1 Å². The third kappa shape index (κ3) is 4.05. The van der Waals surface area contributed by atoms with Crippen LogP contribution < -0.4 is 10.6 Å². The largest absolute Gasteiger partial charge is 0.356 e. The van der Waals surface area contributed by atoms with E-state index in [0.717, 1.165) is 10.2 Å². The minimum absolute atomic E-state index is 0.174. The summed E-state index contributed by atoms with van der Waals surface area (Å²) < 4.78 is 1.10. The lowest BCUT2D eigenvalue weighted by molar-refractivity contribution is 0.722. The first-order valence-corrected chi connectivity index (χ1v) is 7.65. The van der Waals surface area contributed by atoms with Gasteiger partial charge in [0.05, 0.1) is 6.04 Å². The van der Waals surface area contributed by atoms with Crippen LogP contribution in [0, 0.1) is 6.92 Å². The molecule has 0 fully saturated rings. The molecule has 0 amide bonds. The molecule has 2 aromatic carbocycles. The smallest absolute Gasteiger partial charge is 0.171 e. The number of anilines is 1. The SMILES string of the molecule is Cc1cc(NC(=S)NC(C)c2ccccc2)ccc1Br. The van der Waals surface area contributed by atoms with Crippen LogP contribution in [-0.2, 0) is 0 Å². The highest BCUT2D eigenvalue weighted by molar-refractivity contribution is 9.10. The second kappa shape index (κ2) is 6.86. The number of rotatable bonds is 3. The Hall–Kier alpha value is -1.39. The summed E-state index contributed by atoms with van der Waals surface area (Å²) in [5, 5.41) is 7.13. The molecule has 20 heavy (non-hydrogen) atoms. The van der Waals surface area contributed by atoms with E-state index in [1.54, 1.807) is 0 Å². The van der Waals surface area contributed by atoms with Gasteiger partial charge in [-0.3, -0.25) is 0 Å². The van der Waals surface area contributed by atoms with Crippen molar-refractivity contribution >= 4 is 38.9 Å². The van der Waals surface area contributed by atoms with Gasteiger partial charge in [-0.05, 0) is 55.4 Å². The predicted molar refractivity (Wildman–Crippen MR) is 93.1 cm³/mol. The van der Waals surface area contributed by atoms with Crippen LogP contribution in [0.25, 0.3) is 0 Å². The molecule has 2 nitrogen and oxygen atoms in total. The van der Waals surface area contributed by atoms with Crippen LogP contribution in [-0.4, -0.2) is 5.11 Å². The highest BCUT2D eigenvalue weighted by Crippen LogP contribution is 2.20. The zero-order chi connectivity index (χ0) is 14.5. The first-order chi connectivity index (χ1) is 9.56. The molecule has 0 saturated carbocycles. The summed E-state index contributed by atoms with van der Waals surface area (Å²) in [6.07, 6.45) is 0. The van der Waals surface area contributed by atoms with Crippen LogP contribution >= 0.6 is 28.1 Å². The highest BCUT2D eigenvalue weighted by Gasteiger charge is 2.06. The second-order valence-corrected chi connectivity index (χ2v) is 5.96. The van der Waals surface area contributed by atoms with Crippen LogP contribution in [0.5, 0.6) is 0 Å². The molecule has 1 atom stereocenters. The normalized spacial score (nSPS) is 11.8. The lowest BCUT2D eigenvalue weighted by Crippen LogP contribution is -2.30. The molecule has 104 valence electrons. The Labute approximate surface area is 133 Å². The van der Waals surface area contributed by atoms with Crippen molar-refractivity contribution in [1.82, 2.24) is 5.32 Å². The average molecular weight is 349 g/mol. The molecule has 2 aromatic rings. The summed E-state index contributed by atoms with van der Waals surface area (Å²) in [5.41, 5.74) is 3.38. The van der Waals surface area contributed by atoms with Crippen LogP contribution in [0.3, 0.4) is 0 Å². The van der Waals surface area contributed by atoms with Gasteiger partial charge in [-0.2, -0.15) is 0 Å². The Kier molecular flexibility index (Phi) is 5.15. The molecule has 0 aliphatic carbocycles. The molecular formula is C16H17BrN2S. The van der Waals surface area contributed by atoms with E-state index in [9.17, 15) is 0 Å². The van der Waals surface area contributed by atoms with Crippen LogP contribution in [0.15, 0.2) is 53.0 Å². The molecule has 2 N–H and O–H groups in total. The van der Waals surface area contributed by atoms with Crippen molar-refractivity contribution in [2.24, 2.45) is 0 Å². The van der Waals surface area contributed by atoms with Gasteiger partial charge in [-0.1, -0.05) is 46.3 Å². The monoisotopic (exact) mass is 348 g/mol. The second-order valence-electron chi connectivity index (χ2n) is 4.69. The van der Waals surface area contributed by atoms with E-state index in [4.69, 9.17) is 12.2 Å². The quantitative estimate of drug-likeness (QED) is 0.778. The number of nitrogens with one attached hydrogen (secondary N) is 2. The molecule has 4 heteroatoms. The minimum Gasteiger partial charge on any atom is -0.356 e. The Morgan fingerprint density at radius 3 is 2.50 bits per heavy atom. The number of hydrogen-bond donors (Lipinski definition) is 2. The number of aryl methyl sites for hydroxylation is 1. The fourth-order valence-electron chi connectivity index (χ4n) is 1.91. The molecule has 0 spiro atoms. The van der Waals surface area contributed by atoms with E-state index in [-0.39, 0.29) is 6.04 Å². The van der Waals surface area contributed by atoms with E-state index < -0.39 is 0 Å². The van der Waals surface area contributed by atoms with Gasteiger partial charge in [-0.15, -0.1) is 0 Å². The van der Waals surface area contributed by atoms with Crippen molar-refractivity contribution in [3.8, 4) is 0 Å². The van der Waals surface area contributed by atoms with Crippen molar-refractivity contribution in [3.63, 3.8) is 0 Å². The maximum Gasteiger partial charge on any atom is 0.171 e. The molecule has 1 unspecified atom stereocenters. The maximum absolute atomic E-state index is 5.35. The Balaban J connectivity index is 1.97. The van der Waals surface area contributed by atoms with E-state index in [0.29, 0.717) is 5.11 Å². The van der Waals surface area contributed by atoms with Gasteiger partial charge >= 0.3 is 0 Å². The van der Waals surface area contributed by atoms with Crippen molar-refractivity contribution in [3.05, 3.63) is 64.1 Å². The van der Waals surface area contributed by atoms with Crippen molar-refractivity contribution in [2.45, 2.75) is 19.9 Å². The van der Waals surface area contributed by atoms with Crippen LogP contribution in [0.1, 0.15) is 24.1 Å². The summed E-state index contributed by atoms with van der Waals surface area (Å²) in [6.45, 7) is 4.15. The molecule has 0 heterocycles. The van der Waals surface area contributed by atoms with E-state index in [1.807, 2.05) is 30.3 Å². The van der Waals surface area contributed by atoms with Crippen molar-refractivity contribution in [2.75, 3.05) is 5.32 Å². The molecule has 0 radical (unpaired) electrons. The lowest BCUT2D eigenvalue weighted by atomic mass is 10.1. The number of halogens is 1.